The SMILES string of the molecule is C=CCCCC(=O)CC[C@@H](CCCC)NC(=O)OCc1ccccc1. The van der Waals surface area contributed by atoms with E-state index in [1.807, 2.05) is 36.4 Å². The van der Waals surface area contributed by atoms with Gasteiger partial charge >= 0.3 is 6.09 Å². The number of hydrogen-bond acceptors (Lipinski definition) is 3. The lowest BCUT2D eigenvalue weighted by Crippen LogP contribution is -2.35. The quantitative estimate of drug-likeness (QED) is 0.396. The Bertz CT molecular complexity index is 513. The van der Waals surface area contributed by atoms with Crippen molar-refractivity contribution in [3.05, 3.63) is 48.6 Å². The number of carbonyl (C=O) groups is 2. The number of benzene rings is 1. The van der Waals surface area contributed by atoms with E-state index in [1.165, 1.54) is 0 Å². The van der Waals surface area contributed by atoms with Crippen LogP contribution in [0.3, 0.4) is 0 Å². The van der Waals surface area contributed by atoms with Crippen LogP contribution in [0, 0.1) is 0 Å². The molecule has 0 heterocycles. The molecule has 0 aliphatic carbocycles. The minimum atomic E-state index is -0.413. The Kier molecular flexibility index (Phi) is 11.1. The summed E-state index contributed by atoms with van der Waals surface area (Å²) >= 11 is 0. The second-order valence-corrected chi connectivity index (χ2v) is 6.30. The van der Waals surface area contributed by atoms with Crippen molar-refractivity contribution in [2.45, 2.75) is 70.9 Å². The van der Waals surface area contributed by atoms with E-state index in [1.54, 1.807) is 0 Å². The van der Waals surface area contributed by atoms with Gasteiger partial charge in [-0.3, -0.25) is 4.79 Å². The van der Waals surface area contributed by atoms with E-state index in [9.17, 15) is 9.59 Å². The Hall–Kier alpha value is -2.10. The highest BCUT2D eigenvalue weighted by atomic mass is 16.5. The predicted octanol–water partition coefficient (Wildman–Crippen LogP) is 5.18. The normalized spacial score (nSPS) is 11.6. The first-order chi connectivity index (χ1) is 12.2. The van der Waals surface area contributed by atoms with Crippen LogP contribution in [0.15, 0.2) is 43.0 Å². The van der Waals surface area contributed by atoms with Crippen molar-refractivity contribution in [3.63, 3.8) is 0 Å². The summed E-state index contributed by atoms with van der Waals surface area (Å²) in [4.78, 5) is 23.9. The van der Waals surface area contributed by atoms with Crippen molar-refractivity contribution >= 4 is 11.9 Å². The Morgan fingerprint density at radius 2 is 1.92 bits per heavy atom. The van der Waals surface area contributed by atoms with Gasteiger partial charge < -0.3 is 10.1 Å². The van der Waals surface area contributed by atoms with Crippen LogP contribution in [0.2, 0.25) is 0 Å². The molecule has 0 spiro atoms. The molecule has 25 heavy (non-hydrogen) atoms. The summed E-state index contributed by atoms with van der Waals surface area (Å²) in [5, 5.41) is 2.92. The highest BCUT2D eigenvalue weighted by molar-refractivity contribution is 5.78. The monoisotopic (exact) mass is 345 g/mol. The van der Waals surface area contributed by atoms with Crippen LogP contribution in [0.1, 0.15) is 63.9 Å². The average molecular weight is 345 g/mol. The third-order valence-electron chi connectivity index (χ3n) is 4.08. The molecule has 1 atom stereocenters. The minimum absolute atomic E-state index is 0.00780. The van der Waals surface area contributed by atoms with Crippen LogP contribution in [0.5, 0.6) is 0 Å². The average Bonchev–Trinajstić information content (AvgIpc) is 2.63. The molecule has 0 bridgehead atoms. The van der Waals surface area contributed by atoms with Gasteiger partial charge in [0.25, 0.3) is 0 Å². The van der Waals surface area contributed by atoms with Crippen LogP contribution in [0.25, 0.3) is 0 Å². The molecule has 1 N–H and O–H groups in total. The molecule has 1 aromatic rings. The van der Waals surface area contributed by atoms with Crippen LogP contribution in [-0.2, 0) is 16.1 Å². The van der Waals surface area contributed by atoms with Crippen molar-refractivity contribution in [2.24, 2.45) is 0 Å². The lowest BCUT2D eigenvalue weighted by Gasteiger charge is -2.18. The lowest BCUT2D eigenvalue weighted by molar-refractivity contribution is -0.119. The molecule has 0 unspecified atom stereocenters. The second-order valence-electron chi connectivity index (χ2n) is 6.30. The van der Waals surface area contributed by atoms with Gasteiger partial charge in [-0.05, 0) is 31.2 Å². The molecule has 4 heteroatoms. The molecule has 0 radical (unpaired) electrons. The molecule has 0 aliphatic heterocycles. The van der Waals surface area contributed by atoms with Gasteiger partial charge in [0.1, 0.15) is 12.4 Å². The summed E-state index contributed by atoms with van der Waals surface area (Å²) in [6, 6.07) is 9.59. The van der Waals surface area contributed by atoms with Crippen LogP contribution in [-0.4, -0.2) is 17.9 Å². The first-order valence-corrected chi connectivity index (χ1v) is 9.25. The second kappa shape index (κ2) is 13.2. The highest BCUT2D eigenvalue weighted by Crippen LogP contribution is 2.11. The minimum Gasteiger partial charge on any atom is -0.445 e. The number of rotatable bonds is 13. The zero-order valence-corrected chi connectivity index (χ0v) is 15.3. The molecular formula is C21H31NO3. The number of unbranched alkanes of at least 4 members (excludes halogenated alkanes) is 2. The number of nitrogens with one attached hydrogen (secondary N) is 1. The standard InChI is InChI=1S/C21H31NO3/c1-3-5-8-14-20(23)16-15-19(13-6-4-2)22-21(24)25-17-18-11-9-7-10-12-18/h3,7,9-12,19H,1,4-6,8,13-17H2,2H3,(H,22,24)/t19-/m1/s1. The number of ether oxygens (including phenoxy) is 1. The maximum Gasteiger partial charge on any atom is 0.407 e. The molecule has 4 nitrogen and oxygen atoms in total. The van der Waals surface area contributed by atoms with E-state index in [0.717, 1.165) is 37.7 Å². The fourth-order valence-corrected chi connectivity index (χ4v) is 2.57. The topological polar surface area (TPSA) is 55.4 Å². The molecule has 0 aromatic heterocycles. The zero-order valence-electron chi connectivity index (χ0n) is 15.3. The summed E-state index contributed by atoms with van der Waals surface area (Å²) in [6.45, 7) is 6.04. The molecule has 0 saturated carbocycles. The maximum atomic E-state index is 12.0. The van der Waals surface area contributed by atoms with Crippen molar-refractivity contribution in [1.82, 2.24) is 5.32 Å². The molecule has 0 saturated heterocycles. The molecule has 0 aliphatic rings. The number of allylic oxidation sites excluding steroid dienone is 1. The van der Waals surface area contributed by atoms with Gasteiger partial charge in [0, 0.05) is 18.9 Å². The van der Waals surface area contributed by atoms with Crippen LogP contribution < -0.4 is 5.32 Å². The zero-order chi connectivity index (χ0) is 18.3. The number of Topliss-reactive ketones (excluding diaryl/α,β-unsaturated/α-hetero) is 1. The van der Waals surface area contributed by atoms with E-state index in [2.05, 4.69) is 18.8 Å². The third-order valence-corrected chi connectivity index (χ3v) is 4.08. The summed E-state index contributed by atoms with van der Waals surface area (Å²) in [5.41, 5.74) is 0.958. The fourth-order valence-electron chi connectivity index (χ4n) is 2.57. The molecule has 138 valence electrons. The summed E-state index contributed by atoms with van der Waals surface area (Å²) in [6.07, 6.45) is 7.87. The summed E-state index contributed by atoms with van der Waals surface area (Å²) in [5.74, 6) is 0.253. The first-order valence-electron chi connectivity index (χ1n) is 9.25. The number of ketones is 1. The largest absolute Gasteiger partial charge is 0.445 e. The van der Waals surface area contributed by atoms with Gasteiger partial charge in [0.2, 0.25) is 0 Å². The van der Waals surface area contributed by atoms with Crippen molar-refractivity contribution in [1.29, 1.82) is 0 Å². The molecule has 0 fully saturated rings. The lowest BCUT2D eigenvalue weighted by atomic mass is 10.0. The fraction of sp³-hybridized carbons (Fsp3) is 0.524. The van der Waals surface area contributed by atoms with Gasteiger partial charge in [-0.15, -0.1) is 6.58 Å². The molecular weight excluding hydrogens is 314 g/mol. The Labute approximate surface area is 151 Å². The van der Waals surface area contributed by atoms with E-state index >= 15 is 0 Å². The molecule has 1 amide bonds. The number of carbonyl (C=O) groups excluding carboxylic acids is 2. The first kappa shape index (κ1) is 20.9. The Balaban J connectivity index is 2.36. The van der Waals surface area contributed by atoms with Gasteiger partial charge in [-0.2, -0.15) is 0 Å². The Morgan fingerprint density at radius 3 is 2.60 bits per heavy atom. The van der Waals surface area contributed by atoms with Gasteiger partial charge in [0.05, 0.1) is 0 Å². The summed E-state index contributed by atoms with van der Waals surface area (Å²) < 4.78 is 5.28. The number of alkyl carbamates (subject to hydrolysis) is 1. The maximum absolute atomic E-state index is 12.0. The van der Waals surface area contributed by atoms with Gasteiger partial charge in [0.15, 0.2) is 0 Å². The number of amides is 1. The van der Waals surface area contributed by atoms with Crippen LogP contribution in [0.4, 0.5) is 4.79 Å². The number of hydrogen-bond donors (Lipinski definition) is 1. The smallest absolute Gasteiger partial charge is 0.407 e. The summed E-state index contributed by atoms with van der Waals surface area (Å²) in [7, 11) is 0. The third kappa shape index (κ3) is 10.4. The molecule has 1 rings (SSSR count). The van der Waals surface area contributed by atoms with Crippen LogP contribution >= 0.6 is 0 Å². The van der Waals surface area contributed by atoms with Gasteiger partial charge in [-0.25, -0.2) is 4.79 Å². The van der Waals surface area contributed by atoms with Crippen molar-refractivity contribution < 1.29 is 14.3 Å². The van der Waals surface area contributed by atoms with Crippen molar-refractivity contribution in [2.75, 3.05) is 0 Å². The van der Waals surface area contributed by atoms with E-state index in [4.69, 9.17) is 4.74 Å². The highest BCUT2D eigenvalue weighted by Gasteiger charge is 2.14. The van der Waals surface area contributed by atoms with E-state index in [-0.39, 0.29) is 18.4 Å². The molecule has 1 aromatic carbocycles. The predicted molar refractivity (Wildman–Crippen MR) is 101 cm³/mol. The van der Waals surface area contributed by atoms with Gasteiger partial charge in [-0.1, -0.05) is 56.2 Å². The van der Waals surface area contributed by atoms with E-state index in [0.29, 0.717) is 19.3 Å². The Morgan fingerprint density at radius 1 is 1.16 bits per heavy atom. The van der Waals surface area contributed by atoms with E-state index < -0.39 is 6.09 Å². The van der Waals surface area contributed by atoms with Crippen molar-refractivity contribution in [3.8, 4) is 0 Å².